The van der Waals surface area contributed by atoms with Crippen LogP contribution in [-0.2, 0) is 0 Å². The average molecular weight is 315 g/mol. The number of hydrogen-bond donors (Lipinski definition) is 3. The van der Waals surface area contributed by atoms with E-state index in [9.17, 15) is 14.3 Å². The van der Waals surface area contributed by atoms with Gasteiger partial charge in [0.1, 0.15) is 11.6 Å². The van der Waals surface area contributed by atoms with E-state index in [-0.39, 0.29) is 17.6 Å². The molecule has 2 aromatic heterocycles. The van der Waals surface area contributed by atoms with E-state index >= 15 is 0 Å². The third-order valence-corrected chi connectivity index (χ3v) is 3.84. The summed E-state index contributed by atoms with van der Waals surface area (Å²) >= 11 is 0. The molecule has 0 aliphatic carbocycles. The number of aromatic amines is 1. The zero-order valence-corrected chi connectivity index (χ0v) is 13.0. The lowest BCUT2D eigenvalue weighted by molar-refractivity contribution is 0.171. The topological polar surface area (TPSA) is 78.0 Å². The smallest absolute Gasteiger partial charge is 0.258 e. The van der Waals surface area contributed by atoms with E-state index in [0.717, 1.165) is 0 Å². The number of benzene rings is 1. The Balaban J connectivity index is 2.23. The molecule has 0 aliphatic heterocycles. The van der Waals surface area contributed by atoms with Crippen molar-refractivity contribution >= 4 is 27.5 Å². The van der Waals surface area contributed by atoms with E-state index in [2.05, 4.69) is 15.3 Å². The summed E-state index contributed by atoms with van der Waals surface area (Å²) in [5.41, 5.74) is -0.124. The predicted octanol–water partition coefficient (Wildman–Crippen LogP) is 2.65. The van der Waals surface area contributed by atoms with Crippen molar-refractivity contribution in [1.82, 2.24) is 9.97 Å². The fraction of sp³-hybridized carbons (Fsp3) is 0.294. The van der Waals surface area contributed by atoms with Crippen molar-refractivity contribution in [2.75, 3.05) is 18.5 Å². The largest absolute Gasteiger partial charge is 0.396 e. The molecule has 0 bridgehead atoms. The maximum atomic E-state index is 13.7. The van der Waals surface area contributed by atoms with Crippen molar-refractivity contribution in [3.63, 3.8) is 0 Å². The number of aromatic nitrogens is 2. The fourth-order valence-electron chi connectivity index (χ4n) is 2.45. The van der Waals surface area contributed by atoms with Crippen LogP contribution in [-0.4, -0.2) is 28.2 Å². The summed E-state index contributed by atoms with van der Waals surface area (Å²) in [6.45, 7) is 4.37. The molecule has 0 saturated heterocycles. The van der Waals surface area contributed by atoms with Gasteiger partial charge in [-0.25, -0.2) is 9.37 Å². The molecule has 5 nitrogen and oxygen atoms in total. The van der Waals surface area contributed by atoms with Gasteiger partial charge in [-0.3, -0.25) is 4.79 Å². The summed E-state index contributed by atoms with van der Waals surface area (Å²) in [7, 11) is 0. The Bertz CT molecular complexity index is 934. The van der Waals surface area contributed by atoms with Crippen molar-refractivity contribution in [3.8, 4) is 0 Å². The molecule has 6 heteroatoms. The summed E-state index contributed by atoms with van der Waals surface area (Å²) < 4.78 is 13.7. The monoisotopic (exact) mass is 315 g/mol. The summed E-state index contributed by atoms with van der Waals surface area (Å²) in [6.07, 6.45) is 1.52. The van der Waals surface area contributed by atoms with Crippen LogP contribution >= 0.6 is 0 Å². The quantitative estimate of drug-likeness (QED) is 0.647. The van der Waals surface area contributed by atoms with Crippen LogP contribution < -0.4 is 10.9 Å². The molecule has 3 aromatic rings. The Morgan fingerprint density at radius 1 is 1.30 bits per heavy atom. The Morgan fingerprint density at radius 2 is 2.09 bits per heavy atom. The fourth-order valence-corrected chi connectivity index (χ4v) is 2.45. The minimum atomic E-state index is -0.408. The highest BCUT2D eigenvalue weighted by Crippen LogP contribution is 2.28. The van der Waals surface area contributed by atoms with Crippen molar-refractivity contribution in [1.29, 1.82) is 0 Å². The molecular formula is C17H18FN3O2. The lowest BCUT2D eigenvalue weighted by atomic mass is 9.95. The van der Waals surface area contributed by atoms with Gasteiger partial charge >= 0.3 is 0 Å². The van der Waals surface area contributed by atoms with Crippen LogP contribution in [0, 0.1) is 11.2 Å². The Hall–Kier alpha value is -2.47. The number of fused-ring (bicyclic) bond motifs is 3. The Morgan fingerprint density at radius 3 is 2.83 bits per heavy atom. The molecule has 0 aliphatic rings. The molecule has 2 heterocycles. The number of anilines is 1. The summed E-state index contributed by atoms with van der Waals surface area (Å²) in [5.74, 6) is 0.162. The number of rotatable bonds is 4. The van der Waals surface area contributed by atoms with Gasteiger partial charge in [0, 0.05) is 35.5 Å². The van der Waals surface area contributed by atoms with Gasteiger partial charge in [-0.05, 0) is 24.3 Å². The molecule has 3 rings (SSSR count). The van der Waals surface area contributed by atoms with Crippen molar-refractivity contribution in [3.05, 3.63) is 46.6 Å². The molecule has 3 N–H and O–H groups in total. The molecule has 1 aromatic carbocycles. The number of aliphatic hydroxyl groups excluding tert-OH is 1. The lowest BCUT2D eigenvalue weighted by Gasteiger charge is -2.23. The summed E-state index contributed by atoms with van der Waals surface area (Å²) in [5, 5.41) is 14.1. The zero-order chi connectivity index (χ0) is 16.6. The van der Waals surface area contributed by atoms with E-state index in [1.165, 1.54) is 18.3 Å². The van der Waals surface area contributed by atoms with Crippen LogP contribution in [0.5, 0.6) is 0 Å². The van der Waals surface area contributed by atoms with Gasteiger partial charge in [-0.2, -0.15) is 0 Å². The molecule has 23 heavy (non-hydrogen) atoms. The molecule has 0 unspecified atom stereocenters. The molecule has 0 fully saturated rings. The van der Waals surface area contributed by atoms with E-state index in [1.54, 1.807) is 12.1 Å². The lowest BCUT2D eigenvalue weighted by Crippen LogP contribution is -2.27. The SMILES string of the molecule is CC(C)(CO)CNc1nc2cc[nH]c(=O)c2c2cc(F)ccc12. The maximum absolute atomic E-state index is 13.7. The summed E-state index contributed by atoms with van der Waals surface area (Å²) in [4.78, 5) is 19.2. The molecular weight excluding hydrogens is 297 g/mol. The third kappa shape index (κ3) is 2.90. The third-order valence-electron chi connectivity index (χ3n) is 3.84. The first kappa shape index (κ1) is 15.4. The van der Waals surface area contributed by atoms with Gasteiger partial charge in [0.2, 0.25) is 0 Å². The highest BCUT2D eigenvalue weighted by Gasteiger charge is 2.18. The highest BCUT2D eigenvalue weighted by molar-refractivity contribution is 6.09. The van der Waals surface area contributed by atoms with E-state index in [0.29, 0.717) is 34.0 Å². The van der Waals surface area contributed by atoms with Gasteiger partial charge in [-0.1, -0.05) is 13.8 Å². The Labute approximate surface area is 132 Å². The number of nitrogens with one attached hydrogen (secondary N) is 2. The van der Waals surface area contributed by atoms with E-state index in [4.69, 9.17) is 0 Å². The standard InChI is InChI=1S/C17H18FN3O2/c1-17(2,9-22)8-20-15-11-4-3-10(18)7-12(11)14-13(21-15)5-6-19-16(14)23/h3-7,22H,8-9H2,1-2H3,(H,19,23)(H,20,21). The highest BCUT2D eigenvalue weighted by atomic mass is 19.1. The van der Waals surface area contributed by atoms with Gasteiger partial charge in [0.05, 0.1) is 10.9 Å². The molecule has 0 radical (unpaired) electrons. The van der Waals surface area contributed by atoms with Gasteiger partial charge < -0.3 is 15.4 Å². The Kier molecular flexibility index (Phi) is 3.77. The first-order valence-corrected chi connectivity index (χ1v) is 7.37. The van der Waals surface area contributed by atoms with Gasteiger partial charge in [0.15, 0.2) is 0 Å². The molecule has 0 saturated carbocycles. The number of pyridine rings is 2. The maximum Gasteiger partial charge on any atom is 0.258 e. The second kappa shape index (κ2) is 5.62. The second-order valence-corrected chi connectivity index (χ2v) is 6.39. The van der Waals surface area contributed by atoms with Crippen LogP contribution in [0.4, 0.5) is 10.2 Å². The molecule has 120 valence electrons. The van der Waals surface area contributed by atoms with Gasteiger partial charge in [0.25, 0.3) is 5.56 Å². The number of nitrogens with zero attached hydrogens (tertiary/aromatic N) is 1. The summed E-state index contributed by atoms with van der Waals surface area (Å²) in [6, 6.07) is 5.98. The number of H-pyrrole nitrogens is 1. The predicted molar refractivity (Wildman–Crippen MR) is 89.2 cm³/mol. The van der Waals surface area contributed by atoms with Crippen LogP contribution in [0.25, 0.3) is 21.7 Å². The van der Waals surface area contributed by atoms with Crippen LogP contribution in [0.2, 0.25) is 0 Å². The van der Waals surface area contributed by atoms with Crippen molar-refractivity contribution < 1.29 is 9.50 Å². The average Bonchev–Trinajstić information content (AvgIpc) is 2.52. The molecule has 0 atom stereocenters. The van der Waals surface area contributed by atoms with E-state index < -0.39 is 5.82 Å². The van der Waals surface area contributed by atoms with Gasteiger partial charge in [-0.15, -0.1) is 0 Å². The second-order valence-electron chi connectivity index (χ2n) is 6.39. The minimum Gasteiger partial charge on any atom is -0.396 e. The van der Waals surface area contributed by atoms with Crippen LogP contribution in [0.1, 0.15) is 13.8 Å². The normalized spacial score (nSPS) is 12.0. The van der Waals surface area contributed by atoms with Crippen molar-refractivity contribution in [2.24, 2.45) is 5.41 Å². The number of aliphatic hydroxyl groups is 1. The number of halogens is 1. The first-order valence-electron chi connectivity index (χ1n) is 7.37. The minimum absolute atomic E-state index is 0.0276. The van der Waals surface area contributed by atoms with Crippen LogP contribution in [0.3, 0.4) is 0 Å². The zero-order valence-electron chi connectivity index (χ0n) is 13.0. The first-order chi connectivity index (χ1) is 10.9. The number of hydrogen-bond acceptors (Lipinski definition) is 4. The molecule has 0 amide bonds. The van der Waals surface area contributed by atoms with Crippen LogP contribution in [0.15, 0.2) is 35.3 Å². The van der Waals surface area contributed by atoms with E-state index in [1.807, 2.05) is 13.8 Å². The molecule has 0 spiro atoms. The van der Waals surface area contributed by atoms with Crippen molar-refractivity contribution in [2.45, 2.75) is 13.8 Å².